The number of hydrogen-bond donors (Lipinski definition) is 0. The average Bonchev–Trinajstić information content (AvgIpc) is 3.77. The third-order valence-corrected chi connectivity index (χ3v) is 23.9. The van der Waals surface area contributed by atoms with Crippen LogP contribution < -0.4 is 41.5 Å². The molecule has 324 valence electrons. The van der Waals surface area contributed by atoms with Crippen molar-refractivity contribution in [2.24, 2.45) is 0 Å². The van der Waals surface area contributed by atoms with E-state index in [9.17, 15) is 0 Å². The molecule has 6 bridgehead atoms. The quantitative estimate of drug-likeness (QED) is 0.162. The highest BCUT2D eigenvalue weighted by Gasteiger charge is 2.46. The highest BCUT2D eigenvalue weighted by Crippen LogP contribution is 2.33. The highest BCUT2D eigenvalue weighted by atomic mass is 28.3. The second kappa shape index (κ2) is 16.6. The van der Waals surface area contributed by atoms with Crippen LogP contribution in [-0.2, 0) is 0 Å². The van der Waals surface area contributed by atoms with E-state index in [0.717, 1.165) is 32.9 Å². The van der Waals surface area contributed by atoms with Gasteiger partial charge >= 0.3 is 0 Å². The molecule has 2 aromatic heterocycles. The van der Waals surface area contributed by atoms with E-state index in [-0.39, 0.29) is 0 Å². The number of rotatable bonds is 5. The van der Waals surface area contributed by atoms with Crippen molar-refractivity contribution in [2.75, 3.05) is 0 Å². The molecule has 69 heavy (non-hydrogen) atoms. The van der Waals surface area contributed by atoms with Crippen LogP contribution in [0.1, 0.15) is 0 Å². The Morgan fingerprint density at radius 3 is 1.01 bits per heavy atom. The van der Waals surface area contributed by atoms with Crippen LogP contribution in [0.4, 0.5) is 0 Å². The molecule has 0 fully saturated rings. The van der Waals surface area contributed by atoms with Crippen molar-refractivity contribution in [3.63, 3.8) is 0 Å². The van der Waals surface area contributed by atoms with E-state index >= 15 is 0 Å². The molecule has 1 aliphatic heterocycles. The molecule has 0 N–H and O–H groups in total. The van der Waals surface area contributed by atoms with E-state index in [0.29, 0.717) is 17.6 Å². The minimum absolute atomic E-state index is 0.576. The molecular weight excluding hydrogens is 869 g/mol. The lowest BCUT2D eigenvalue weighted by atomic mass is 10.1. The number of benzene rings is 10. The summed E-state index contributed by atoms with van der Waals surface area (Å²) in [5.74, 6) is 1.82. The summed E-state index contributed by atoms with van der Waals surface area (Å²) in [7, 11) is -6.41. The van der Waals surface area contributed by atoms with Crippen LogP contribution in [0, 0.1) is 0 Å². The molecule has 0 atom stereocenters. The largest absolute Gasteiger partial charge is 0.278 e. The fourth-order valence-electron chi connectivity index (χ4n) is 11.4. The Labute approximate surface area is 403 Å². The number of fused-ring (bicyclic) bond motifs is 14. The molecule has 1 aliphatic rings. The fraction of sp³-hybridized carbons (Fsp3) is 0. The molecule has 0 unspecified atom stereocenters. The third kappa shape index (κ3) is 6.37. The zero-order valence-electron chi connectivity index (χ0n) is 37.7. The van der Waals surface area contributed by atoms with E-state index in [1.54, 1.807) is 0 Å². The molecule has 3 heterocycles. The first kappa shape index (κ1) is 40.7. The first-order chi connectivity index (χ1) is 34.2. The van der Waals surface area contributed by atoms with Gasteiger partial charge < -0.3 is 0 Å². The summed E-state index contributed by atoms with van der Waals surface area (Å²) in [6.45, 7) is 0. The Morgan fingerprint density at radius 2 is 0.609 bits per heavy atom. The summed E-state index contributed by atoms with van der Waals surface area (Å²) in [4.78, 5) is 16.5. The van der Waals surface area contributed by atoms with Crippen LogP contribution in [0.25, 0.3) is 61.7 Å². The van der Waals surface area contributed by atoms with Gasteiger partial charge in [0.05, 0.1) is 11.0 Å². The van der Waals surface area contributed by atoms with E-state index < -0.39 is 16.1 Å². The van der Waals surface area contributed by atoms with Gasteiger partial charge in [-0.3, -0.25) is 4.57 Å². The number of para-hydroxylation sites is 2. The van der Waals surface area contributed by atoms with Gasteiger partial charge in [0.1, 0.15) is 0 Å². The van der Waals surface area contributed by atoms with Crippen LogP contribution in [0.3, 0.4) is 0 Å². The van der Waals surface area contributed by atoms with Crippen molar-refractivity contribution in [3.8, 4) is 39.9 Å². The molecular formula is C63H44N4Si2. The maximum absolute atomic E-state index is 5.53. The third-order valence-electron chi connectivity index (χ3n) is 14.3. The van der Waals surface area contributed by atoms with Crippen LogP contribution >= 0.6 is 0 Å². The Morgan fingerprint density at radius 1 is 0.275 bits per heavy atom. The number of hydrogen-bond acceptors (Lipinski definition) is 3. The van der Waals surface area contributed by atoms with Crippen molar-refractivity contribution in [1.82, 2.24) is 19.5 Å². The molecule has 6 heteroatoms. The van der Waals surface area contributed by atoms with Gasteiger partial charge in [0.25, 0.3) is 0 Å². The smallest absolute Gasteiger partial charge is 0.238 e. The Bertz CT molecular complexity index is 3530. The Kier molecular flexibility index (Phi) is 9.82. The predicted octanol–water partition coefficient (Wildman–Crippen LogP) is 9.04. The van der Waals surface area contributed by atoms with Gasteiger partial charge in [-0.1, -0.05) is 255 Å². The number of nitrogens with zero attached hydrogens (tertiary/aromatic N) is 4. The normalized spacial score (nSPS) is 13.4. The second-order valence-corrected chi connectivity index (χ2v) is 25.4. The molecule has 0 amide bonds. The summed E-state index contributed by atoms with van der Waals surface area (Å²) in [6.07, 6.45) is 0. The van der Waals surface area contributed by atoms with Crippen LogP contribution in [0.5, 0.6) is 0 Å². The van der Waals surface area contributed by atoms with Crippen molar-refractivity contribution < 1.29 is 0 Å². The number of aromatic nitrogens is 4. The monoisotopic (exact) mass is 912 g/mol. The summed E-state index contributed by atoms with van der Waals surface area (Å²) >= 11 is 0. The molecule has 10 aromatic carbocycles. The van der Waals surface area contributed by atoms with Crippen molar-refractivity contribution in [2.45, 2.75) is 0 Å². The lowest BCUT2D eigenvalue weighted by Crippen LogP contribution is -2.76. The molecule has 0 spiro atoms. The zero-order chi connectivity index (χ0) is 45.8. The molecule has 0 saturated heterocycles. The maximum Gasteiger partial charge on any atom is 0.238 e. The highest BCUT2D eigenvalue weighted by molar-refractivity contribution is 7.21. The first-order valence-electron chi connectivity index (χ1n) is 23.6. The van der Waals surface area contributed by atoms with Gasteiger partial charge in [0, 0.05) is 21.9 Å². The topological polar surface area (TPSA) is 43.6 Å². The van der Waals surface area contributed by atoms with Gasteiger partial charge in [0.15, 0.2) is 27.8 Å². The summed E-state index contributed by atoms with van der Waals surface area (Å²) in [6, 6.07) is 98.8. The van der Waals surface area contributed by atoms with Gasteiger partial charge in [0.2, 0.25) is 5.95 Å². The Hall–Kier alpha value is -8.56. The van der Waals surface area contributed by atoms with E-state index in [2.05, 4.69) is 271 Å². The van der Waals surface area contributed by atoms with Crippen LogP contribution in [0.15, 0.2) is 267 Å². The first-order valence-corrected chi connectivity index (χ1v) is 27.6. The molecule has 13 rings (SSSR count). The summed E-state index contributed by atoms with van der Waals surface area (Å²) < 4.78 is 2.22. The maximum atomic E-state index is 5.53. The van der Waals surface area contributed by atoms with E-state index in [1.165, 1.54) is 52.6 Å². The predicted molar refractivity (Wildman–Crippen MR) is 291 cm³/mol. The van der Waals surface area contributed by atoms with Crippen molar-refractivity contribution in [1.29, 1.82) is 0 Å². The summed E-state index contributed by atoms with van der Waals surface area (Å²) in [5, 5.41) is 12.6. The van der Waals surface area contributed by atoms with Gasteiger partial charge in [-0.05, 0) is 64.8 Å². The second-order valence-electron chi connectivity index (χ2n) is 17.9. The minimum Gasteiger partial charge on any atom is -0.278 e. The standard InChI is InChI=1S/C63H44N4Si2/c1-5-25-47(26-6-1)68(48-27-7-2-8-28-48)51-33-21-23-45(43-51)61-64-62(66-63(65-61)67-57-39-17-13-35-53(57)54-36-14-18-40-58(54)67)46-24-22-34-52(44-46)69(49-29-9-3-10-30-49,50-31-11-4-12-32-50)60-42-20-16-38-56(60)55-37-15-19-41-59(55)68/h1-44H. The lowest BCUT2D eigenvalue weighted by Gasteiger charge is -2.38. The van der Waals surface area contributed by atoms with Crippen molar-refractivity contribution in [3.05, 3.63) is 267 Å². The fourth-order valence-corrected chi connectivity index (χ4v) is 21.4. The lowest BCUT2D eigenvalue weighted by molar-refractivity contribution is 0.953. The molecule has 0 aliphatic carbocycles. The van der Waals surface area contributed by atoms with Crippen LogP contribution in [-0.4, -0.2) is 35.7 Å². The van der Waals surface area contributed by atoms with Crippen molar-refractivity contribution >= 4 is 79.4 Å². The van der Waals surface area contributed by atoms with E-state index in [4.69, 9.17) is 15.0 Å². The average molecular weight is 913 g/mol. The molecule has 0 radical (unpaired) electrons. The molecule has 4 nitrogen and oxygen atoms in total. The van der Waals surface area contributed by atoms with E-state index in [1.807, 2.05) is 0 Å². The van der Waals surface area contributed by atoms with Gasteiger partial charge in [-0.2, -0.15) is 9.97 Å². The SMILES string of the molecule is c1ccc([Si]2(c3ccccc3)c3cccc(c3)-c3nc(nc(-n4c5ccccc5c5ccccc54)n3)-c3cccc(c3)[Si](c3ccccc3)(c3ccccc3)c3ccccc3-c3ccccc32)cc1. The van der Waals surface area contributed by atoms with Gasteiger partial charge in [-0.15, -0.1) is 0 Å². The van der Waals surface area contributed by atoms with Gasteiger partial charge in [-0.25, -0.2) is 4.98 Å². The molecule has 12 aromatic rings. The summed E-state index contributed by atoms with van der Waals surface area (Å²) in [5.41, 5.74) is 6.43. The van der Waals surface area contributed by atoms with Crippen LogP contribution in [0.2, 0.25) is 0 Å². The molecule has 0 saturated carbocycles. The Balaban J connectivity index is 1.24. The zero-order valence-corrected chi connectivity index (χ0v) is 39.7. The minimum atomic E-state index is -3.21.